The van der Waals surface area contributed by atoms with Crippen LogP contribution in [0.1, 0.15) is 15.9 Å². The standard InChI is InChI=1S/C31H22O10S3/c32-31(23-16-18-24(19-17-23)39-42(33,34)26-10-4-1-5-11-26)29-21-20-25(40-43(35,36)27-12-6-2-7-13-27)22-30(29)41-44(37,38)28-14-8-3-9-15-28/h1-22H. The molecule has 0 heterocycles. The first-order valence-corrected chi connectivity index (χ1v) is 16.9. The summed E-state index contributed by atoms with van der Waals surface area (Å²) in [6.07, 6.45) is 0. The molecule has 0 spiro atoms. The van der Waals surface area contributed by atoms with E-state index in [1.807, 2.05) is 0 Å². The van der Waals surface area contributed by atoms with Crippen LogP contribution in [0.15, 0.2) is 148 Å². The van der Waals surface area contributed by atoms with Gasteiger partial charge < -0.3 is 12.5 Å². The largest absolute Gasteiger partial charge is 0.379 e. The van der Waals surface area contributed by atoms with Crippen molar-refractivity contribution in [1.82, 2.24) is 0 Å². The third-order valence-electron chi connectivity index (χ3n) is 6.02. The average Bonchev–Trinajstić information content (AvgIpc) is 3.02. The van der Waals surface area contributed by atoms with E-state index in [0.29, 0.717) is 0 Å². The van der Waals surface area contributed by atoms with E-state index in [4.69, 9.17) is 12.5 Å². The molecule has 0 aliphatic carbocycles. The third-order valence-corrected chi connectivity index (χ3v) is 9.79. The van der Waals surface area contributed by atoms with Crippen LogP contribution < -0.4 is 12.5 Å². The quantitative estimate of drug-likeness (QED) is 0.138. The molecule has 0 aliphatic heterocycles. The van der Waals surface area contributed by atoms with Gasteiger partial charge in [-0.1, -0.05) is 54.6 Å². The summed E-state index contributed by atoms with van der Waals surface area (Å²) in [5.74, 6) is -1.58. The summed E-state index contributed by atoms with van der Waals surface area (Å²) in [4.78, 5) is 13.1. The van der Waals surface area contributed by atoms with Gasteiger partial charge in [0.05, 0.1) is 5.56 Å². The van der Waals surface area contributed by atoms with Crippen LogP contribution in [-0.2, 0) is 30.4 Å². The van der Waals surface area contributed by atoms with E-state index < -0.39 is 41.9 Å². The van der Waals surface area contributed by atoms with Crippen LogP contribution in [0.3, 0.4) is 0 Å². The molecule has 0 N–H and O–H groups in total. The van der Waals surface area contributed by atoms with Gasteiger partial charge in [-0.15, -0.1) is 0 Å². The Labute approximate surface area is 254 Å². The molecule has 0 bridgehead atoms. The van der Waals surface area contributed by atoms with Crippen molar-refractivity contribution in [2.75, 3.05) is 0 Å². The molecular weight excluding hydrogens is 629 g/mol. The van der Waals surface area contributed by atoms with E-state index in [0.717, 1.165) is 12.1 Å². The summed E-state index contributed by atoms with van der Waals surface area (Å²) in [6, 6.07) is 30.4. The Hall–Kier alpha value is -4.98. The number of benzene rings is 5. The molecule has 0 atom stereocenters. The van der Waals surface area contributed by atoms with E-state index >= 15 is 0 Å². The second-order valence-corrected chi connectivity index (χ2v) is 13.7. The van der Waals surface area contributed by atoms with Crippen molar-refractivity contribution >= 4 is 36.1 Å². The molecule has 0 amide bonds. The zero-order valence-corrected chi connectivity index (χ0v) is 25.0. The van der Waals surface area contributed by atoms with Gasteiger partial charge in [-0.05, 0) is 72.8 Å². The summed E-state index contributed by atoms with van der Waals surface area (Å²) in [5.41, 5.74) is -0.207. The highest BCUT2D eigenvalue weighted by molar-refractivity contribution is 7.87. The lowest BCUT2D eigenvalue weighted by molar-refractivity contribution is 0.103. The highest BCUT2D eigenvalue weighted by atomic mass is 32.2. The summed E-state index contributed by atoms with van der Waals surface area (Å²) in [6.45, 7) is 0. The fourth-order valence-electron chi connectivity index (χ4n) is 3.91. The minimum absolute atomic E-state index is 0.0296. The zero-order valence-electron chi connectivity index (χ0n) is 22.5. The second-order valence-electron chi connectivity index (χ2n) is 9.06. The highest BCUT2D eigenvalue weighted by Crippen LogP contribution is 2.32. The van der Waals surface area contributed by atoms with E-state index in [2.05, 4.69) is 0 Å². The number of carbonyl (C=O) groups excluding carboxylic acids is 1. The predicted molar refractivity (Wildman–Crippen MR) is 159 cm³/mol. The van der Waals surface area contributed by atoms with Gasteiger partial charge in [-0.2, -0.15) is 25.3 Å². The zero-order chi connectivity index (χ0) is 31.4. The Morgan fingerprint density at radius 3 is 1.27 bits per heavy atom. The molecule has 0 saturated carbocycles. The van der Waals surface area contributed by atoms with Crippen LogP contribution in [0, 0.1) is 0 Å². The van der Waals surface area contributed by atoms with Crippen LogP contribution in [-0.4, -0.2) is 31.0 Å². The maximum Gasteiger partial charge on any atom is 0.339 e. The lowest BCUT2D eigenvalue weighted by Crippen LogP contribution is -2.14. The molecule has 0 aromatic heterocycles. The van der Waals surface area contributed by atoms with Gasteiger partial charge >= 0.3 is 30.4 Å². The molecule has 0 aliphatic rings. The van der Waals surface area contributed by atoms with Gasteiger partial charge in [0.25, 0.3) is 0 Å². The topological polar surface area (TPSA) is 147 Å². The summed E-state index contributed by atoms with van der Waals surface area (Å²) < 4.78 is 92.4. The van der Waals surface area contributed by atoms with Crippen molar-refractivity contribution in [1.29, 1.82) is 0 Å². The smallest absolute Gasteiger partial charge is 0.339 e. The van der Waals surface area contributed by atoms with Gasteiger partial charge in [0.15, 0.2) is 11.5 Å². The van der Waals surface area contributed by atoms with E-state index in [9.17, 15) is 30.0 Å². The Bertz CT molecular complexity index is 2120. The monoisotopic (exact) mass is 650 g/mol. The first kappa shape index (κ1) is 30.5. The molecule has 224 valence electrons. The van der Waals surface area contributed by atoms with Crippen LogP contribution in [0.25, 0.3) is 0 Å². The minimum Gasteiger partial charge on any atom is -0.379 e. The summed E-state index contributed by atoms with van der Waals surface area (Å²) in [7, 11) is -12.9. The fourth-order valence-corrected chi connectivity index (χ4v) is 6.76. The second kappa shape index (κ2) is 12.3. The fraction of sp³-hybridized carbons (Fsp3) is 0. The van der Waals surface area contributed by atoms with Gasteiger partial charge in [-0.3, -0.25) is 4.79 Å². The Balaban J connectivity index is 1.47. The number of carbonyl (C=O) groups is 1. The van der Waals surface area contributed by atoms with Crippen LogP contribution in [0.4, 0.5) is 0 Å². The number of hydrogen-bond donors (Lipinski definition) is 0. The van der Waals surface area contributed by atoms with Crippen LogP contribution >= 0.6 is 0 Å². The van der Waals surface area contributed by atoms with E-state index in [-0.39, 0.29) is 37.3 Å². The molecule has 0 saturated heterocycles. The minimum atomic E-state index is -4.46. The van der Waals surface area contributed by atoms with Crippen molar-refractivity contribution in [2.45, 2.75) is 14.7 Å². The number of ketones is 1. The molecule has 0 fully saturated rings. The summed E-state index contributed by atoms with van der Waals surface area (Å²) in [5, 5.41) is 0. The third kappa shape index (κ3) is 6.97. The maximum absolute atomic E-state index is 13.5. The average molecular weight is 651 g/mol. The Kier molecular flexibility index (Phi) is 8.54. The molecule has 10 nitrogen and oxygen atoms in total. The molecule has 13 heteroatoms. The molecule has 5 aromatic rings. The maximum atomic E-state index is 13.5. The van der Waals surface area contributed by atoms with Gasteiger partial charge in [0, 0.05) is 11.6 Å². The Morgan fingerprint density at radius 1 is 0.432 bits per heavy atom. The molecule has 0 radical (unpaired) electrons. The SMILES string of the molecule is O=C(c1ccc(OS(=O)(=O)c2ccccc2)cc1)c1ccc(OS(=O)(=O)c2ccccc2)cc1OS(=O)(=O)c1ccccc1. The van der Waals surface area contributed by atoms with E-state index in [1.165, 1.54) is 91.0 Å². The number of hydrogen-bond acceptors (Lipinski definition) is 10. The highest BCUT2D eigenvalue weighted by Gasteiger charge is 2.25. The van der Waals surface area contributed by atoms with Crippen LogP contribution in [0.5, 0.6) is 17.2 Å². The molecular formula is C31H22O10S3. The van der Waals surface area contributed by atoms with Crippen molar-refractivity contribution in [3.05, 3.63) is 145 Å². The lowest BCUT2D eigenvalue weighted by Gasteiger charge is -2.14. The molecule has 44 heavy (non-hydrogen) atoms. The van der Waals surface area contributed by atoms with Crippen LogP contribution in [0.2, 0.25) is 0 Å². The predicted octanol–water partition coefficient (Wildman–Crippen LogP) is 5.22. The van der Waals surface area contributed by atoms with Gasteiger partial charge in [-0.25, -0.2) is 0 Å². The van der Waals surface area contributed by atoms with Gasteiger partial charge in [0.2, 0.25) is 0 Å². The molecule has 0 unspecified atom stereocenters. The van der Waals surface area contributed by atoms with E-state index in [1.54, 1.807) is 30.3 Å². The van der Waals surface area contributed by atoms with Crippen molar-refractivity contribution in [3.8, 4) is 17.2 Å². The Morgan fingerprint density at radius 2 is 0.818 bits per heavy atom. The van der Waals surface area contributed by atoms with Gasteiger partial charge in [0.1, 0.15) is 26.2 Å². The van der Waals surface area contributed by atoms with Crippen molar-refractivity contribution in [3.63, 3.8) is 0 Å². The summed E-state index contributed by atoms with van der Waals surface area (Å²) >= 11 is 0. The first-order chi connectivity index (χ1) is 20.9. The molecule has 5 rings (SSSR count). The first-order valence-electron chi connectivity index (χ1n) is 12.7. The number of rotatable bonds is 11. The molecule has 5 aromatic carbocycles. The van der Waals surface area contributed by atoms with Crippen molar-refractivity contribution in [2.24, 2.45) is 0 Å². The van der Waals surface area contributed by atoms with Crippen molar-refractivity contribution < 1.29 is 42.6 Å². The lowest BCUT2D eigenvalue weighted by atomic mass is 10.0. The normalized spacial score (nSPS) is 11.8.